The first-order chi connectivity index (χ1) is 14.2. The first-order valence-electron chi connectivity index (χ1n) is 10.8. The highest BCUT2D eigenvalue weighted by Gasteiger charge is 2.31. The first kappa shape index (κ1) is 20.7. The molecule has 0 spiro atoms. The van der Waals surface area contributed by atoms with Crippen LogP contribution in [0.4, 0.5) is 10.7 Å². The summed E-state index contributed by atoms with van der Waals surface area (Å²) in [5, 5.41) is 8.79. The standard InChI is InChI=1S/C21H32N6O3/c1-14(2)27-17-13-26(11-8-16(17)12-22-27)19-23-18(30-24-19)15-6-9-25(10-7-15)20(28)29-21(3,4)5/h12,14-15H,6-11,13H2,1-5H3. The Morgan fingerprint density at radius 2 is 1.97 bits per heavy atom. The molecule has 0 atom stereocenters. The predicted molar refractivity (Wildman–Crippen MR) is 111 cm³/mol. The molecule has 1 saturated heterocycles. The monoisotopic (exact) mass is 416 g/mol. The highest BCUT2D eigenvalue weighted by Crippen LogP contribution is 2.30. The van der Waals surface area contributed by atoms with E-state index in [2.05, 4.69) is 33.7 Å². The number of hydrogen-bond donors (Lipinski definition) is 0. The molecule has 2 aromatic heterocycles. The van der Waals surface area contributed by atoms with Crippen LogP contribution in [0.3, 0.4) is 0 Å². The van der Waals surface area contributed by atoms with Gasteiger partial charge in [-0.1, -0.05) is 0 Å². The SMILES string of the molecule is CC(C)n1ncc2c1CN(c1noc(C3CCN(C(=O)OC(C)(C)C)CC3)n1)CC2. The van der Waals surface area contributed by atoms with Crippen LogP contribution < -0.4 is 4.90 Å². The van der Waals surface area contributed by atoms with Gasteiger partial charge in [-0.2, -0.15) is 10.1 Å². The van der Waals surface area contributed by atoms with Crippen LogP contribution in [0, 0.1) is 0 Å². The number of carbonyl (C=O) groups is 1. The van der Waals surface area contributed by atoms with Gasteiger partial charge in [0, 0.05) is 31.6 Å². The van der Waals surface area contributed by atoms with E-state index >= 15 is 0 Å². The zero-order chi connectivity index (χ0) is 21.5. The minimum Gasteiger partial charge on any atom is -0.444 e. The van der Waals surface area contributed by atoms with Crippen molar-refractivity contribution in [2.24, 2.45) is 0 Å². The minimum atomic E-state index is -0.478. The lowest BCUT2D eigenvalue weighted by Crippen LogP contribution is -2.41. The third-order valence-corrected chi connectivity index (χ3v) is 5.68. The largest absolute Gasteiger partial charge is 0.444 e. The number of nitrogens with zero attached hydrogens (tertiary/aromatic N) is 6. The minimum absolute atomic E-state index is 0.173. The molecule has 0 N–H and O–H groups in total. The van der Waals surface area contributed by atoms with E-state index in [4.69, 9.17) is 14.2 Å². The molecule has 0 aliphatic carbocycles. The zero-order valence-electron chi connectivity index (χ0n) is 18.6. The van der Waals surface area contributed by atoms with Crippen molar-refractivity contribution in [3.63, 3.8) is 0 Å². The van der Waals surface area contributed by atoms with Gasteiger partial charge in [-0.25, -0.2) is 4.79 Å². The van der Waals surface area contributed by atoms with E-state index in [0.29, 0.717) is 31.0 Å². The number of carbonyl (C=O) groups excluding carboxylic acids is 1. The van der Waals surface area contributed by atoms with Crippen LogP contribution in [0.25, 0.3) is 0 Å². The number of rotatable bonds is 3. The summed E-state index contributed by atoms with van der Waals surface area (Å²) in [7, 11) is 0. The van der Waals surface area contributed by atoms with Crippen LogP contribution in [0.5, 0.6) is 0 Å². The predicted octanol–water partition coefficient (Wildman–Crippen LogP) is 3.52. The molecular weight excluding hydrogens is 384 g/mol. The van der Waals surface area contributed by atoms with Crippen LogP contribution in [-0.4, -0.2) is 56.1 Å². The van der Waals surface area contributed by atoms with Gasteiger partial charge in [-0.05, 0) is 64.6 Å². The summed E-state index contributed by atoms with van der Waals surface area (Å²) >= 11 is 0. The smallest absolute Gasteiger partial charge is 0.410 e. The molecule has 2 aromatic rings. The van der Waals surface area contributed by atoms with Gasteiger partial charge in [-0.3, -0.25) is 4.68 Å². The van der Waals surface area contributed by atoms with E-state index in [1.165, 1.54) is 11.3 Å². The number of likely N-dealkylation sites (tertiary alicyclic amines) is 1. The lowest BCUT2D eigenvalue weighted by molar-refractivity contribution is 0.0198. The number of aromatic nitrogens is 4. The number of amides is 1. The van der Waals surface area contributed by atoms with Gasteiger partial charge in [0.05, 0.1) is 18.4 Å². The Morgan fingerprint density at radius 3 is 2.63 bits per heavy atom. The highest BCUT2D eigenvalue weighted by molar-refractivity contribution is 5.68. The van der Waals surface area contributed by atoms with E-state index in [1.54, 1.807) is 4.90 Å². The van der Waals surface area contributed by atoms with E-state index in [0.717, 1.165) is 32.4 Å². The molecule has 1 amide bonds. The Morgan fingerprint density at radius 1 is 1.23 bits per heavy atom. The van der Waals surface area contributed by atoms with Gasteiger partial charge in [0.2, 0.25) is 5.89 Å². The van der Waals surface area contributed by atoms with Crippen LogP contribution >= 0.6 is 0 Å². The Labute approximate surface area is 177 Å². The van der Waals surface area contributed by atoms with Crippen LogP contribution in [0.2, 0.25) is 0 Å². The van der Waals surface area contributed by atoms with Gasteiger partial charge in [0.25, 0.3) is 5.95 Å². The second-order valence-electron chi connectivity index (χ2n) is 9.50. The molecular formula is C21H32N6O3. The fourth-order valence-corrected chi connectivity index (χ4v) is 4.09. The molecule has 9 nitrogen and oxygen atoms in total. The molecule has 0 saturated carbocycles. The maximum atomic E-state index is 12.3. The molecule has 2 aliphatic heterocycles. The third-order valence-electron chi connectivity index (χ3n) is 5.68. The fraction of sp³-hybridized carbons (Fsp3) is 0.714. The van der Waals surface area contributed by atoms with Gasteiger partial charge in [0.15, 0.2) is 0 Å². The zero-order valence-corrected chi connectivity index (χ0v) is 18.6. The lowest BCUT2D eigenvalue weighted by atomic mass is 9.97. The van der Waals surface area contributed by atoms with Crippen molar-refractivity contribution >= 4 is 12.0 Å². The van der Waals surface area contributed by atoms with Gasteiger partial charge in [-0.15, -0.1) is 0 Å². The van der Waals surface area contributed by atoms with Gasteiger partial charge < -0.3 is 19.1 Å². The number of ether oxygens (including phenoxy) is 1. The van der Waals surface area contributed by atoms with Crippen molar-refractivity contribution in [2.45, 2.75) is 78.0 Å². The maximum absolute atomic E-state index is 12.3. The Balaban J connectivity index is 1.37. The summed E-state index contributed by atoms with van der Waals surface area (Å²) < 4.78 is 13.2. The van der Waals surface area contributed by atoms with E-state index in [9.17, 15) is 4.79 Å². The molecule has 0 aromatic carbocycles. The number of fused-ring (bicyclic) bond motifs is 1. The molecule has 1 fully saturated rings. The van der Waals surface area contributed by atoms with Crippen molar-refractivity contribution < 1.29 is 14.1 Å². The third kappa shape index (κ3) is 4.29. The van der Waals surface area contributed by atoms with Crippen molar-refractivity contribution in [1.82, 2.24) is 24.8 Å². The summed E-state index contributed by atoms with van der Waals surface area (Å²) in [4.78, 5) is 20.9. The normalized spacial score (nSPS) is 18.1. The second-order valence-corrected chi connectivity index (χ2v) is 9.50. The van der Waals surface area contributed by atoms with Crippen molar-refractivity contribution in [3.05, 3.63) is 23.3 Å². The van der Waals surface area contributed by atoms with Crippen LogP contribution in [-0.2, 0) is 17.7 Å². The molecule has 4 rings (SSSR count). The maximum Gasteiger partial charge on any atom is 0.410 e. The van der Waals surface area contributed by atoms with Crippen molar-refractivity contribution in [2.75, 3.05) is 24.5 Å². The van der Waals surface area contributed by atoms with E-state index in [-0.39, 0.29) is 12.0 Å². The van der Waals surface area contributed by atoms with Crippen LogP contribution in [0.1, 0.15) is 76.6 Å². The van der Waals surface area contributed by atoms with Gasteiger partial charge in [0.1, 0.15) is 5.60 Å². The molecule has 0 radical (unpaired) electrons. The number of piperidine rings is 1. The quantitative estimate of drug-likeness (QED) is 0.756. The molecule has 2 aliphatic rings. The van der Waals surface area contributed by atoms with Crippen molar-refractivity contribution in [1.29, 1.82) is 0 Å². The number of anilines is 1. The van der Waals surface area contributed by atoms with Crippen molar-refractivity contribution in [3.8, 4) is 0 Å². The molecule has 164 valence electrons. The summed E-state index contributed by atoms with van der Waals surface area (Å²) in [6, 6.07) is 0.324. The summed E-state index contributed by atoms with van der Waals surface area (Å²) in [5.74, 6) is 1.48. The average Bonchev–Trinajstić information content (AvgIpc) is 3.33. The Kier molecular flexibility index (Phi) is 5.46. The number of hydrogen-bond acceptors (Lipinski definition) is 7. The molecule has 4 heterocycles. The lowest BCUT2D eigenvalue weighted by Gasteiger charge is -2.32. The average molecular weight is 417 g/mol. The van der Waals surface area contributed by atoms with Gasteiger partial charge >= 0.3 is 6.09 Å². The summed E-state index contributed by atoms with van der Waals surface area (Å²) in [6.45, 7) is 12.8. The molecule has 30 heavy (non-hydrogen) atoms. The fourth-order valence-electron chi connectivity index (χ4n) is 4.09. The molecule has 0 unspecified atom stereocenters. The highest BCUT2D eigenvalue weighted by atomic mass is 16.6. The van der Waals surface area contributed by atoms with E-state index < -0.39 is 5.60 Å². The molecule has 0 bridgehead atoms. The molecule has 9 heteroatoms. The Hall–Kier alpha value is -2.58. The topological polar surface area (TPSA) is 89.5 Å². The second kappa shape index (κ2) is 7.92. The van der Waals surface area contributed by atoms with Crippen LogP contribution in [0.15, 0.2) is 10.7 Å². The van der Waals surface area contributed by atoms with E-state index in [1.807, 2.05) is 27.0 Å². The first-order valence-corrected chi connectivity index (χ1v) is 10.8. The summed E-state index contributed by atoms with van der Waals surface area (Å²) in [5.41, 5.74) is 2.06. The Bertz CT molecular complexity index is 889. The summed E-state index contributed by atoms with van der Waals surface area (Å²) in [6.07, 6.45) is 4.25.